The van der Waals surface area contributed by atoms with Crippen LogP contribution in [0.25, 0.3) is 0 Å². The molecule has 0 saturated heterocycles. The topological polar surface area (TPSA) is 57.5 Å². The summed E-state index contributed by atoms with van der Waals surface area (Å²) in [6, 6.07) is 4.90. The number of aliphatic hydroxyl groups is 1. The highest BCUT2D eigenvalue weighted by molar-refractivity contribution is 5.79. The van der Waals surface area contributed by atoms with E-state index in [2.05, 4.69) is 6.92 Å². The van der Waals surface area contributed by atoms with Crippen molar-refractivity contribution >= 4 is 6.29 Å². The number of unbranched alkanes of at least 4 members (excludes halogenated alkanes) is 4. The van der Waals surface area contributed by atoms with E-state index in [1.807, 2.05) is 0 Å². The molecule has 19 heavy (non-hydrogen) atoms. The molecule has 0 fully saturated rings. The Morgan fingerprint density at radius 3 is 2.63 bits per heavy atom. The lowest BCUT2D eigenvalue weighted by molar-refractivity contribution is 0.112. The molecule has 0 radical (unpaired) electrons. The van der Waals surface area contributed by atoms with Gasteiger partial charge in [0.25, 0.3) is 0 Å². The molecule has 3 nitrogen and oxygen atoms in total. The minimum Gasteiger partial charge on any atom is -0.507 e. The minimum absolute atomic E-state index is 0.00666. The van der Waals surface area contributed by atoms with Gasteiger partial charge in [0.15, 0.2) is 6.29 Å². The smallest absolute Gasteiger partial charge is 0.153 e. The zero-order valence-electron chi connectivity index (χ0n) is 11.6. The molecular formula is C16H24O3. The SMILES string of the molecule is CCCCCCCC(O)Cc1ccc(O)c(C=O)c1. The van der Waals surface area contributed by atoms with E-state index in [0.717, 1.165) is 18.4 Å². The molecule has 1 atom stereocenters. The number of carbonyl (C=O) groups is 1. The predicted molar refractivity (Wildman–Crippen MR) is 76.6 cm³/mol. The van der Waals surface area contributed by atoms with Crippen molar-refractivity contribution < 1.29 is 15.0 Å². The zero-order valence-corrected chi connectivity index (χ0v) is 11.6. The van der Waals surface area contributed by atoms with Gasteiger partial charge in [0.1, 0.15) is 5.75 Å². The zero-order chi connectivity index (χ0) is 14.1. The first-order valence-electron chi connectivity index (χ1n) is 7.12. The molecule has 3 heteroatoms. The number of aromatic hydroxyl groups is 1. The average molecular weight is 264 g/mol. The normalized spacial score (nSPS) is 12.3. The molecule has 0 aliphatic carbocycles. The van der Waals surface area contributed by atoms with Crippen molar-refractivity contribution in [3.8, 4) is 5.75 Å². The number of aldehydes is 1. The van der Waals surface area contributed by atoms with Crippen LogP contribution in [0.1, 0.15) is 61.4 Å². The van der Waals surface area contributed by atoms with Crippen LogP contribution in [0.3, 0.4) is 0 Å². The van der Waals surface area contributed by atoms with Gasteiger partial charge in [-0.15, -0.1) is 0 Å². The minimum atomic E-state index is -0.370. The van der Waals surface area contributed by atoms with E-state index in [1.54, 1.807) is 12.1 Å². The second-order valence-corrected chi connectivity index (χ2v) is 5.07. The fourth-order valence-electron chi connectivity index (χ4n) is 2.18. The quantitative estimate of drug-likeness (QED) is 0.530. The highest BCUT2D eigenvalue weighted by atomic mass is 16.3. The van der Waals surface area contributed by atoms with Crippen molar-refractivity contribution in [2.75, 3.05) is 0 Å². The molecule has 0 aromatic heterocycles. The van der Waals surface area contributed by atoms with Gasteiger partial charge in [0.05, 0.1) is 11.7 Å². The number of carbonyl (C=O) groups excluding carboxylic acids is 1. The molecule has 1 rings (SSSR count). The van der Waals surface area contributed by atoms with E-state index in [4.69, 9.17) is 0 Å². The predicted octanol–water partition coefficient (Wildman–Crippen LogP) is 3.47. The van der Waals surface area contributed by atoms with E-state index < -0.39 is 0 Å². The molecule has 0 amide bonds. The van der Waals surface area contributed by atoms with Crippen molar-refractivity contribution in [3.05, 3.63) is 29.3 Å². The number of hydrogen-bond donors (Lipinski definition) is 2. The molecule has 2 N–H and O–H groups in total. The van der Waals surface area contributed by atoms with Crippen molar-refractivity contribution in [2.24, 2.45) is 0 Å². The number of rotatable bonds is 9. The van der Waals surface area contributed by atoms with Crippen LogP contribution in [0.4, 0.5) is 0 Å². The van der Waals surface area contributed by atoms with Crippen molar-refractivity contribution in [1.29, 1.82) is 0 Å². The van der Waals surface area contributed by atoms with Gasteiger partial charge in [-0.1, -0.05) is 45.1 Å². The van der Waals surface area contributed by atoms with Crippen LogP contribution >= 0.6 is 0 Å². The molecule has 0 spiro atoms. The lowest BCUT2D eigenvalue weighted by Crippen LogP contribution is -2.10. The van der Waals surface area contributed by atoms with Crippen LogP contribution in [0, 0.1) is 0 Å². The fourth-order valence-corrected chi connectivity index (χ4v) is 2.18. The summed E-state index contributed by atoms with van der Waals surface area (Å²) < 4.78 is 0. The third kappa shape index (κ3) is 5.88. The summed E-state index contributed by atoms with van der Waals surface area (Å²) in [5.41, 5.74) is 1.17. The Labute approximate surface area is 115 Å². The molecule has 0 aliphatic heterocycles. The van der Waals surface area contributed by atoms with Crippen LogP contribution in [-0.4, -0.2) is 22.6 Å². The highest BCUT2D eigenvalue weighted by Gasteiger charge is 2.08. The van der Waals surface area contributed by atoms with Crippen LogP contribution in [0.5, 0.6) is 5.75 Å². The number of phenols is 1. The summed E-state index contributed by atoms with van der Waals surface area (Å²) in [5.74, 6) is -0.00666. The molecule has 1 aromatic carbocycles. The van der Waals surface area contributed by atoms with Gasteiger partial charge < -0.3 is 10.2 Å². The van der Waals surface area contributed by atoms with Crippen molar-refractivity contribution in [1.82, 2.24) is 0 Å². The Hall–Kier alpha value is -1.35. The summed E-state index contributed by atoms with van der Waals surface area (Å²) in [6.45, 7) is 2.18. The summed E-state index contributed by atoms with van der Waals surface area (Å²) in [4.78, 5) is 10.7. The Morgan fingerprint density at radius 1 is 1.21 bits per heavy atom. The molecule has 0 bridgehead atoms. The summed E-state index contributed by atoms with van der Waals surface area (Å²) in [5, 5.41) is 19.3. The van der Waals surface area contributed by atoms with Crippen molar-refractivity contribution in [3.63, 3.8) is 0 Å². The standard InChI is InChI=1S/C16H24O3/c1-2-3-4-5-6-7-15(18)11-13-8-9-16(19)14(10-13)12-17/h8-10,12,15,18-19H,2-7,11H2,1H3. The van der Waals surface area contributed by atoms with Crippen molar-refractivity contribution in [2.45, 2.75) is 58.0 Å². The van der Waals surface area contributed by atoms with Crippen LogP contribution in [0.15, 0.2) is 18.2 Å². The first-order chi connectivity index (χ1) is 9.17. The van der Waals surface area contributed by atoms with E-state index >= 15 is 0 Å². The molecule has 106 valence electrons. The number of hydrogen-bond acceptors (Lipinski definition) is 3. The van der Waals surface area contributed by atoms with Crippen LogP contribution < -0.4 is 0 Å². The first-order valence-corrected chi connectivity index (χ1v) is 7.12. The summed E-state index contributed by atoms with van der Waals surface area (Å²) in [6.07, 6.45) is 7.52. The van der Waals surface area contributed by atoms with Crippen LogP contribution in [-0.2, 0) is 6.42 Å². The Morgan fingerprint density at radius 2 is 1.95 bits per heavy atom. The van der Waals surface area contributed by atoms with E-state index in [-0.39, 0.29) is 17.4 Å². The maximum absolute atomic E-state index is 10.7. The molecule has 1 unspecified atom stereocenters. The van der Waals surface area contributed by atoms with Gasteiger partial charge in [-0.25, -0.2) is 0 Å². The van der Waals surface area contributed by atoms with Gasteiger partial charge in [-0.3, -0.25) is 4.79 Å². The third-order valence-electron chi connectivity index (χ3n) is 3.33. The second-order valence-electron chi connectivity index (χ2n) is 5.07. The number of aliphatic hydroxyl groups excluding tert-OH is 1. The summed E-state index contributed by atoms with van der Waals surface area (Å²) >= 11 is 0. The van der Waals surface area contributed by atoms with Gasteiger partial charge >= 0.3 is 0 Å². The number of benzene rings is 1. The maximum atomic E-state index is 10.7. The van der Waals surface area contributed by atoms with E-state index in [0.29, 0.717) is 12.7 Å². The summed E-state index contributed by atoms with van der Waals surface area (Å²) in [7, 11) is 0. The van der Waals surface area contributed by atoms with Gasteiger partial charge in [0, 0.05) is 0 Å². The molecule has 0 aliphatic rings. The number of phenolic OH excluding ortho intramolecular Hbond substituents is 1. The Bertz CT molecular complexity index is 388. The van der Waals surface area contributed by atoms with Gasteiger partial charge in [-0.2, -0.15) is 0 Å². The molecule has 0 heterocycles. The maximum Gasteiger partial charge on any atom is 0.153 e. The van der Waals surface area contributed by atoms with Gasteiger partial charge in [-0.05, 0) is 30.5 Å². The lowest BCUT2D eigenvalue weighted by atomic mass is 10.0. The molecule has 1 aromatic rings. The molecular weight excluding hydrogens is 240 g/mol. The van der Waals surface area contributed by atoms with Gasteiger partial charge in [0.2, 0.25) is 0 Å². The lowest BCUT2D eigenvalue weighted by Gasteiger charge is -2.11. The monoisotopic (exact) mass is 264 g/mol. The van der Waals surface area contributed by atoms with E-state index in [9.17, 15) is 15.0 Å². The fraction of sp³-hybridized carbons (Fsp3) is 0.562. The van der Waals surface area contributed by atoms with Crippen LogP contribution in [0.2, 0.25) is 0 Å². The Balaban J connectivity index is 2.35. The highest BCUT2D eigenvalue weighted by Crippen LogP contribution is 2.18. The molecule has 0 saturated carbocycles. The first kappa shape index (κ1) is 15.7. The average Bonchev–Trinajstić information content (AvgIpc) is 2.40. The third-order valence-corrected chi connectivity index (χ3v) is 3.33. The largest absolute Gasteiger partial charge is 0.507 e. The van der Waals surface area contributed by atoms with E-state index in [1.165, 1.54) is 31.7 Å². The Kier molecular flexibility index (Phi) is 7.19. The second kappa shape index (κ2) is 8.70.